The van der Waals surface area contributed by atoms with E-state index < -0.39 is 17.1 Å². The third-order valence-electron chi connectivity index (χ3n) is 5.99. The summed E-state index contributed by atoms with van der Waals surface area (Å²) in [4.78, 5) is 12.7. The summed E-state index contributed by atoms with van der Waals surface area (Å²) in [6, 6.07) is 3.80. The average Bonchev–Trinajstić information content (AvgIpc) is 2.79. The molecule has 6 heteroatoms. The van der Waals surface area contributed by atoms with E-state index >= 15 is 0 Å². The van der Waals surface area contributed by atoms with Gasteiger partial charge in [0.05, 0.1) is 11.1 Å². The minimum Gasteiger partial charge on any atom is -0.507 e. The summed E-state index contributed by atoms with van der Waals surface area (Å²) in [6.45, 7) is 9.84. The third-order valence-corrected chi connectivity index (χ3v) is 5.99. The summed E-state index contributed by atoms with van der Waals surface area (Å²) in [7, 11) is 0. The Morgan fingerprint density at radius 3 is 2.39 bits per heavy atom. The van der Waals surface area contributed by atoms with E-state index in [9.17, 15) is 25.2 Å². The molecule has 0 aromatic heterocycles. The number of ketones is 1. The van der Waals surface area contributed by atoms with Crippen molar-refractivity contribution in [2.75, 3.05) is 0 Å². The van der Waals surface area contributed by atoms with Crippen LogP contribution in [-0.2, 0) is 6.42 Å². The van der Waals surface area contributed by atoms with Gasteiger partial charge >= 0.3 is 0 Å². The van der Waals surface area contributed by atoms with Crippen LogP contribution in [0.15, 0.2) is 53.6 Å². The van der Waals surface area contributed by atoms with Gasteiger partial charge in [-0.15, -0.1) is 0 Å². The molecular formula is C30H34O6. The largest absolute Gasteiger partial charge is 0.507 e. The Morgan fingerprint density at radius 2 is 1.72 bits per heavy atom. The van der Waals surface area contributed by atoms with Gasteiger partial charge in [0.1, 0.15) is 22.8 Å². The topological polar surface area (TPSA) is 107 Å². The molecular weight excluding hydrogens is 456 g/mol. The van der Waals surface area contributed by atoms with Crippen molar-refractivity contribution in [2.24, 2.45) is 0 Å². The van der Waals surface area contributed by atoms with Gasteiger partial charge < -0.3 is 25.2 Å². The molecule has 0 fully saturated rings. The minimum atomic E-state index is -0.676. The van der Waals surface area contributed by atoms with E-state index in [1.54, 1.807) is 6.08 Å². The van der Waals surface area contributed by atoms with E-state index in [0.29, 0.717) is 17.5 Å². The fraction of sp³-hybridized carbons (Fsp3) is 0.300. The number of phenolic OH excluding ortho intramolecular Hbond substituents is 4. The van der Waals surface area contributed by atoms with Gasteiger partial charge in [-0.2, -0.15) is 0 Å². The molecule has 0 amide bonds. The van der Waals surface area contributed by atoms with Crippen LogP contribution in [0, 0.1) is 0 Å². The molecule has 6 nitrogen and oxygen atoms in total. The Bertz CT molecular complexity index is 1290. The minimum absolute atomic E-state index is 0.0606. The first-order valence-electron chi connectivity index (χ1n) is 11.9. The molecule has 1 aliphatic rings. The summed E-state index contributed by atoms with van der Waals surface area (Å²) in [5.41, 5.74) is 2.95. The first-order chi connectivity index (χ1) is 16.9. The quantitative estimate of drug-likeness (QED) is 0.140. The maximum absolute atomic E-state index is 12.7. The zero-order valence-electron chi connectivity index (χ0n) is 21.4. The number of hydrogen-bond donors (Lipinski definition) is 4. The van der Waals surface area contributed by atoms with E-state index in [1.165, 1.54) is 35.9 Å². The van der Waals surface area contributed by atoms with Gasteiger partial charge in [-0.3, -0.25) is 4.79 Å². The number of rotatable bonds is 8. The van der Waals surface area contributed by atoms with Crippen LogP contribution >= 0.6 is 0 Å². The lowest BCUT2D eigenvalue weighted by atomic mass is 9.93. The number of allylic oxidation sites excluding steroid dienone is 5. The number of phenols is 4. The molecule has 0 saturated carbocycles. The molecule has 3 rings (SSSR count). The van der Waals surface area contributed by atoms with E-state index in [0.717, 1.165) is 18.4 Å². The smallest absolute Gasteiger partial charge is 0.185 e. The molecule has 0 bridgehead atoms. The fourth-order valence-corrected chi connectivity index (χ4v) is 3.89. The van der Waals surface area contributed by atoms with Gasteiger partial charge in [-0.1, -0.05) is 23.3 Å². The van der Waals surface area contributed by atoms with Gasteiger partial charge in [-0.05, 0) is 96.4 Å². The lowest BCUT2D eigenvalue weighted by molar-refractivity contribution is 0.104. The van der Waals surface area contributed by atoms with Crippen molar-refractivity contribution in [3.8, 4) is 28.7 Å². The highest BCUT2D eigenvalue weighted by atomic mass is 16.5. The van der Waals surface area contributed by atoms with E-state index in [4.69, 9.17) is 4.74 Å². The molecule has 4 N–H and O–H groups in total. The zero-order valence-corrected chi connectivity index (χ0v) is 21.4. The third kappa shape index (κ3) is 6.19. The predicted molar refractivity (Wildman–Crippen MR) is 143 cm³/mol. The van der Waals surface area contributed by atoms with Gasteiger partial charge in [0.2, 0.25) is 0 Å². The van der Waals surface area contributed by atoms with Crippen molar-refractivity contribution in [1.82, 2.24) is 0 Å². The molecule has 0 unspecified atom stereocenters. The van der Waals surface area contributed by atoms with Crippen molar-refractivity contribution < 1.29 is 30.0 Å². The van der Waals surface area contributed by atoms with Gasteiger partial charge in [0.25, 0.3) is 0 Å². The summed E-state index contributed by atoms with van der Waals surface area (Å²) in [5, 5.41) is 41.4. The van der Waals surface area contributed by atoms with Crippen LogP contribution in [0.1, 0.15) is 74.5 Å². The van der Waals surface area contributed by atoms with Gasteiger partial charge in [0.15, 0.2) is 17.3 Å². The molecule has 0 saturated heterocycles. The number of carbonyl (C=O) groups excluding carboxylic acids is 1. The Labute approximate surface area is 212 Å². The second kappa shape index (κ2) is 10.8. The number of benzene rings is 2. The Kier molecular flexibility index (Phi) is 7.98. The van der Waals surface area contributed by atoms with E-state index in [-0.39, 0.29) is 34.1 Å². The molecule has 0 radical (unpaired) electrons. The summed E-state index contributed by atoms with van der Waals surface area (Å²) >= 11 is 0. The second-order valence-corrected chi connectivity index (χ2v) is 9.85. The highest BCUT2D eigenvalue weighted by Gasteiger charge is 2.29. The molecule has 0 aliphatic carbocycles. The van der Waals surface area contributed by atoms with Crippen LogP contribution in [0.3, 0.4) is 0 Å². The lowest BCUT2D eigenvalue weighted by Gasteiger charge is -2.30. The van der Waals surface area contributed by atoms with Crippen LogP contribution in [-0.4, -0.2) is 31.8 Å². The SMILES string of the molecule is CC(C)=CCCC(C)=CCc1c(O)c(C=CC(=O)c2ccc(O)c(O)c2)c2c(c1O)C=CC(C)(C)O2. The Morgan fingerprint density at radius 1 is 1.00 bits per heavy atom. The van der Waals surface area contributed by atoms with Crippen LogP contribution in [0.4, 0.5) is 0 Å². The van der Waals surface area contributed by atoms with Crippen molar-refractivity contribution in [2.45, 2.75) is 59.5 Å². The molecule has 1 heterocycles. The van der Waals surface area contributed by atoms with Crippen LogP contribution < -0.4 is 4.74 Å². The van der Waals surface area contributed by atoms with Crippen molar-refractivity contribution in [3.05, 3.63) is 75.9 Å². The van der Waals surface area contributed by atoms with Crippen LogP contribution in [0.25, 0.3) is 12.2 Å². The first-order valence-corrected chi connectivity index (χ1v) is 11.9. The monoisotopic (exact) mass is 490 g/mol. The highest BCUT2D eigenvalue weighted by Crippen LogP contribution is 2.47. The van der Waals surface area contributed by atoms with Crippen molar-refractivity contribution in [1.29, 1.82) is 0 Å². The molecule has 0 atom stereocenters. The molecule has 36 heavy (non-hydrogen) atoms. The first kappa shape index (κ1) is 26.7. The lowest BCUT2D eigenvalue weighted by Crippen LogP contribution is -2.28. The van der Waals surface area contributed by atoms with Gasteiger partial charge in [0, 0.05) is 11.1 Å². The van der Waals surface area contributed by atoms with Crippen molar-refractivity contribution in [3.63, 3.8) is 0 Å². The van der Waals surface area contributed by atoms with Crippen molar-refractivity contribution >= 4 is 17.9 Å². The summed E-state index contributed by atoms with van der Waals surface area (Å²) < 4.78 is 6.08. The maximum atomic E-state index is 12.7. The number of ether oxygens (including phenoxy) is 1. The van der Waals surface area contributed by atoms with Crippen LogP contribution in [0.5, 0.6) is 28.7 Å². The molecule has 2 aromatic carbocycles. The molecule has 2 aromatic rings. The van der Waals surface area contributed by atoms with Crippen LogP contribution in [0.2, 0.25) is 0 Å². The maximum Gasteiger partial charge on any atom is 0.185 e. The molecule has 1 aliphatic heterocycles. The predicted octanol–water partition coefficient (Wildman–Crippen LogP) is 6.82. The normalized spacial score (nSPS) is 14.4. The Balaban J connectivity index is 2.01. The fourth-order valence-electron chi connectivity index (χ4n) is 3.89. The standard InChI is InChI=1S/C30H34O6/c1-18(2)7-6-8-19(3)9-11-21-27(34)22(29-23(28(21)35)15-16-30(4,5)36-29)12-14-24(31)20-10-13-25(32)26(33)17-20/h7,9-10,12-17,32-35H,6,8,11H2,1-5H3. The average molecular weight is 491 g/mol. The van der Waals surface area contributed by atoms with E-state index in [2.05, 4.69) is 19.9 Å². The number of fused-ring (bicyclic) bond motifs is 1. The number of carbonyl (C=O) groups is 1. The van der Waals surface area contributed by atoms with E-state index in [1.807, 2.05) is 32.9 Å². The second-order valence-electron chi connectivity index (χ2n) is 9.85. The number of hydrogen-bond acceptors (Lipinski definition) is 6. The zero-order chi connectivity index (χ0) is 26.6. The highest BCUT2D eigenvalue weighted by molar-refractivity contribution is 6.07. The molecule has 0 spiro atoms. The van der Waals surface area contributed by atoms with Gasteiger partial charge in [-0.25, -0.2) is 0 Å². The number of aromatic hydroxyl groups is 4. The summed E-state index contributed by atoms with van der Waals surface area (Å²) in [6.07, 6.45) is 12.5. The summed E-state index contributed by atoms with van der Waals surface area (Å²) in [5.74, 6) is -1.10. The molecule has 190 valence electrons. The Hall–Kier alpha value is -3.93.